The van der Waals surface area contributed by atoms with Crippen molar-refractivity contribution in [2.45, 2.75) is 12.3 Å². The lowest BCUT2D eigenvalue weighted by atomic mass is 9.98. The second-order valence-corrected chi connectivity index (χ2v) is 6.22. The number of ether oxygens (including phenoxy) is 3. The third-order valence-corrected chi connectivity index (χ3v) is 4.42. The van der Waals surface area contributed by atoms with Crippen molar-refractivity contribution in [2.75, 3.05) is 33.0 Å². The van der Waals surface area contributed by atoms with Crippen molar-refractivity contribution in [2.24, 2.45) is 0 Å². The van der Waals surface area contributed by atoms with E-state index in [0.717, 1.165) is 0 Å². The Hall–Kier alpha value is -2.70. The Morgan fingerprint density at radius 2 is 1.44 bits per heavy atom. The van der Waals surface area contributed by atoms with Crippen LogP contribution in [0, 0.1) is 0 Å². The number of hydrogen-bond acceptors (Lipinski definition) is 5. The topological polar surface area (TPSA) is 82.1 Å². The van der Waals surface area contributed by atoms with Crippen LogP contribution < -0.4 is 0 Å². The Balaban J connectivity index is 1.44. The highest BCUT2D eigenvalue weighted by Gasteiger charge is 2.28. The molecule has 0 aromatic heterocycles. The molecule has 2 aromatic carbocycles. The van der Waals surface area contributed by atoms with Gasteiger partial charge in [-0.3, -0.25) is 4.79 Å². The smallest absolute Gasteiger partial charge is 0.329 e. The Kier molecular flexibility index (Phi) is 6.57. The van der Waals surface area contributed by atoms with Gasteiger partial charge < -0.3 is 19.3 Å². The molecule has 142 valence electrons. The third-order valence-electron chi connectivity index (χ3n) is 4.42. The lowest BCUT2D eigenvalue weighted by Gasteiger charge is -2.14. The van der Waals surface area contributed by atoms with Crippen LogP contribution in [0.4, 0.5) is 0 Å². The van der Waals surface area contributed by atoms with Gasteiger partial charge >= 0.3 is 11.9 Å². The first-order valence-corrected chi connectivity index (χ1v) is 8.88. The van der Waals surface area contributed by atoms with Gasteiger partial charge in [0.2, 0.25) is 0 Å². The minimum absolute atomic E-state index is 0.0479. The van der Waals surface area contributed by atoms with Crippen LogP contribution in [0.5, 0.6) is 0 Å². The van der Waals surface area contributed by atoms with Gasteiger partial charge in [0.25, 0.3) is 0 Å². The SMILES string of the molecule is O=C(O)COCCOCCC(=O)OCC1c2ccccc2-c2ccccc21. The molecule has 0 unspecified atom stereocenters. The summed E-state index contributed by atoms with van der Waals surface area (Å²) in [6.07, 6.45) is 0.148. The molecule has 27 heavy (non-hydrogen) atoms. The van der Waals surface area contributed by atoms with Crippen LogP contribution >= 0.6 is 0 Å². The highest BCUT2D eigenvalue weighted by atomic mass is 16.5. The predicted molar refractivity (Wildman–Crippen MR) is 98.6 cm³/mol. The third kappa shape index (κ3) is 4.93. The molecule has 2 aromatic rings. The lowest BCUT2D eigenvalue weighted by Crippen LogP contribution is -2.15. The second-order valence-electron chi connectivity index (χ2n) is 6.22. The summed E-state index contributed by atoms with van der Waals surface area (Å²) in [5.74, 6) is -1.29. The molecule has 0 heterocycles. The van der Waals surface area contributed by atoms with Crippen LogP contribution in [-0.2, 0) is 23.8 Å². The Bertz CT molecular complexity index is 755. The molecule has 1 aliphatic rings. The molecule has 1 aliphatic carbocycles. The fourth-order valence-electron chi connectivity index (χ4n) is 3.22. The number of carboxylic acid groups (broad SMARTS) is 1. The number of aliphatic carboxylic acids is 1. The highest BCUT2D eigenvalue weighted by Crippen LogP contribution is 2.44. The molecule has 6 heteroatoms. The minimum atomic E-state index is -1.02. The summed E-state index contributed by atoms with van der Waals surface area (Å²) < 4.78 is 15.6. The molecule has 0 fully saturated rings. The fourth-order valence-corrected chi connectivity index (χ4v) is 3.22. The summed E-state index contributed by atoms with van der Waals surface area (Å²) in [5.41, 5.74) is 4.74. The van der Waals surface area contributed by atoms with E-state index < -0.39 is 5.97 Å². The summed E-state index contributed by atoms with van der Waals surface area (Å²) in [6, 6.07) is 16.4. The molecule has 0 aliphatic heterocycles. The van der Waals surface area contributed by atoms with E-state index in [0.29, 0.717) is 6.61 Å². The molecule has 0 spiro atoms. The number of carbonyl (C=O) groups excluding carboxylic acids is 1. The largest absolute Gasteiger partial charge is 0.480 e. The maximum absolute atomic E-state index is 12.0. The average molecular weight is 370 g/mol. The molecular formula is C21H22O6. The van der Waals surface area contributed by atoms with E-state index in [9.17, 15) is 9.59 Å². The van der Waals surface area contributed by atoms with Crippen molar-refractivity contribution >= 4 is 11.9 Å². The van der Waals surface area contributed by atoms with Gasteiger partial charge in [-0.2, -0.15) is 0 Å². The van der Waals surface area contributed by atoms with Crippen LogP contribution in [0.2, 0.25) is 0 Å². The molecule has 1 N–H and O–H groups in total. The summed E-state index contributed by atoms with van der Waals surface area (Å²) in [5, 5.41) is 8.43. The highest BCUT2D eigenvalue weighted by molar-refractivity contribution is 5.79. The summed E-state index contributed by atoms with van der Waals surface area (Å²) in [7, 11) is 0. The predicted octanol–water partition coefficient (Wildman–Crippen LogP) is 2.85. The van der Waals surface area contributed by atoms with Gasteiger partial charge in [-0.25, -0.2) is 4.79 Å². The molecule has 0 radical (unpaired) electrons. The zero-order chi connectivity index (χ0) is 19.1. The summed E-state index contributed by atoms with van der Waals surface area (Å²) in [4.78, 5) is 22.3. The van der Waals surface area contributed by atoms with Crippen molar-refractivity contribution in [1.82, 2.24) is 0 Å². The zero-order valence-electron chi connectivity index (χ0n) is 14.9. The average Bonchev–Trinajstić information content (AvgIpc) is 2.99. The maximum Gasteiger partial charge on any atom is 0.329 e. The maximum atomic E-state index is 12.0. The number of carboxylic acids is 1. The van der Waals surface area contributed by atoms with Crippen molar-refractivity contribution in [3.8, 4) is 11.1 Å². The van der Waals surface area contributed by atoms with Crippen LogP contribution in [0.15, 0.2) is 48.5 Å². The van der Waals surface area contributed by atoms with E-state index in [1.807, 2.05) is 24.3 Å². The van der Waals surface area contributed by atoms with Crippen LogP contribution in [0.3, 0.4) is 0 Å². The second kappa shape index (κ2) is 9.30. The van der Waals surface area contributed by atoms with Crippen molar-refractivity contribution in [3.63, 3.8) is 0 Å². The minimum Gasteiger partial charge on any atom is -0.480 e. The summed E-state index contributed by atoms with van der Waals surface area (Å²) >= 11 is 0. The first-order chi connectivity index (χ1) is 13.2. The van der Waals surface area contributed by atoms with Crippen LogP contribution in [-0.4, -0.2) is 50.1 Å². The van der Waals surface area contributed by atoms with E-state index in [2.05, 4.69) is 24.3 Å². The van der Waals surface area contributed by atoms with Gasteiger partial charge in [0, 0.05) is 5.92 Å². The Morgan fingerprint density at radius 3 is 2.07 bits per heavy atom. The zero-order valence-corrected chi connectivity index (χ0v) is 14.9. The van der Waals surface area contributed by atoms with Crippen molar-refractivity contribution in [1.29, 1.82) is 0 Å². The van der Waals surface area contributed by atoms with Crippen molar-refractivity contribution < 1.29 is 28.9 Å². The molecule has 0 amide bonds. The number of carbonyl (C=O) groups is 2. The number of benzene rings is 2. The quantitative estimate of drug-likeness (QED) is 0.512. The molecule has 0 saturated carbocycles. The van der Waals surface area contributed by atoms with Gasteiger partial charge in [-0.1, -0.05) is 48.5 Å². The van der Waals surface area contributed by atoms with E-state index in [1.165, 1.54) is 22.3 Å². The normalized spacial score (nSPS) is 12.4. The van der Waals surface area contributed by atoms with Gasteiger partial charge in [0.1, 0.15) is 13.2 Å². The van der Waals surface area contributed by atoms with E-state index in [4.69, 9.17) is 19.3 Å². The lowest BCUT2D eigenvalue weighted by molar-refractivity contribution is -0.145. The van der Waals surface area contributed by atoms with Crippen LogP contribution in [0.1, 0.15) is 23.5 Å². The van der Waals surface area contributed by atoms with Gasteiger partial charge in [-0.15, -0.1) is 0 Å². The van der Waals surface area contributed by atoms with Gasteiger partial charge in [-0.05, 0) is 22.3 Å². The molecule has 0 saturated heterocycles. The molecular weight excluding hydrogens is 348 g/mol. The van der Waals surface area contributed by atoms with Crippen LogP contribution in [0.25, 0.3) is 11.1 Å². The fraction of sp³-hybridized carbons (Fsp3) is 0.333. The molecule has 0 bridgehead atoms. The van der Waals surface area contributed by atoms with Gasteiger partial charge in [0.15, 0.2) is 0 Å². The van der Waals surface area contributed by atoms with E-state index >= 15 is 0 Å². The monoisotopic (exact) mass is 370 g/mol. The Morgan fingerprint density at radius 1 is 0.852 bits per heavy atom. The molecule has 0 atom stereocenters. The Labute approximate surface area is 157 Å². The number of hydrogen-bond donors (Lipinski definition) is 1. The summed E-state index contributed by atoms with van der Waals surface area (Å²) in [6.45, 7) is 0.582. The first kappa shape index (κ1) is 19.1. The number of esters is 1. The standard InChI is InChI=1S/C21H22O6/c22-20(23)14-26-12-11-25-10-9-21(24)27-13-19-17-7-3-1-5-15(17)16-6-2-4-8-18(16)19/h1-8,19H,9-14H2,(H,22,23). The van der Waals surface area contributed by atoms with Gasteiger partial charge in [0.05, 0.1) is 26.2 Å². The number of rotatable bonds is 10. The van der Waals surface area contributed by atoms with E-state index in [-0.39, 0.29) is 44.7 Å². The van der Waals surface area contributed by atoms with Crippen molar-refractivity contribution in [3.05, 3.63) is 59.7 Å². The van der Waals surface area contributed by atoms with E-state index in [1.54, 1.807) is 0 Å². The molecule has 6 nitrogen and oxygen atoms in total. The molecule has 3 rings (SSSR count). The first-order valence-electron chi connectivity index (χ1n) is 8.88. The number of fused-ring (bicyclic) bond motifs is 3.